The fraction of sp³-hybridized carbons (Fsp3) is 0.143. The molecule has 0 unspecified atom stereocenters. The third-order valence-corrected chi connectivity index (χ3v) is 0.885. The molecule has 0 atom stereocenters. The molecule has 1 aromatic carbocycles. The molecule has 44 valence electrons. The van der Waals surface area contributed by atoms with Gasteiger partial charge in [-0.25, -0.2) is 0 Å². The van der Waals surface area contributed by atoms with Crippen molar-refractivity contribution in [3.05, 3.63) is 42.0 Å². The molecule has 0 aliphatic carbocycles. The van der Waals surface area contributed by atoms with E-state index in [9.17, 15) is 0 Å². The van der Waals surface area contributed by atoms with E-state index >= 15 is 0 Å². The third kappa shape index (κ3) is 4.77. The van der Waals surface area contributed by atoms with E-state index in [0.29, 0.717) is 0 Å². The SMILES string of the molecule is Cc1cc[c-]cc1.[NH2-].[Y+3]. The van der Waals surface area contributed by atoms with E-state index < -0.39 is 0 Å². The van der Waals surface area contributed by atoms with Gasteiger partial charge in [-0.05, 0) is 0 Å². The van der Waals surface area contributed by atoms with Gasteiger partial charge in [-0.3, -0.25) is 0 Å². The van der Waals surface area contributed by atoms with Crippen LogP contribution in [0.15, 0.2) is 24.3 Å². The normalized spacial score (nSPS) is 6.78. The molecule has 0 bridgehead atoms. The zero-order valence-electron chi connectivity index (χ0n) is 5.46. The molecule has 0 amide bonds. The monoisotopic (exact) mass is 196 g/mol. The van der Waals surface area contributed by atoms with Crippen LogP contribution in [0.3, 0.4) is 0 Å². The van der Waals surface area contributed by atoms with Crippen molar-refractivity contribution in [1.29, 1.82) is 0 Å². The molecule has 0 spiro atoms. The van der Waals surface area contributed by atoms with Gasteiger partial charge in [-0.1, -0.05) is 6.92 Å². The number of benzene rings is 1. The van der Waals surface area contributed by atoms with E-state index in [1.807, 2.05) is 24.3 Å². The van der Waals surface area contributed by atoms with Crippen molar-refractivity contribution < 1.29 is 32.7 Å². The first-order valence-corrected chi connectivity index (χ1v) is 2.32. The van der Waals surface area contributed by atoms with Crippen LogP contribution in [-0.2, 0) is 32.7 Å². The smallest absolute Gasteiger partial charge is 0.693 e. The van der Waals surface area contributed by atoms with E-state index in [0.717, 1.165) is 0 Å². The van der Waals surface area contributed by atoms with Crippen molar-refractivity contribution >= 4 is 0 Å². The summed E-state index contributed by atoms with van der Waals surface area (Å²) in [4.78, 5) is 0. The van der Waals surface area contributed by atoms with Gasteiger partial charge in [0.05, 0.1) is 0 Å². The summed E-state index contributed by atoms with van der Waals surface area (Å²) in [7, 11) is 0. The van der Waals surface area contributed by atoms with Gasteiger partial charge in [0.1, 0.15) is 0 Å². The van der Waals surface area contributed by atoms with Crippen LogP contribution >= 0.6 is 0 Å². The molecule has 0 aliphatic heterocycles. The van der Waals surface area contributed by atoms with E-state index in [-0.39, 0.29) is 38.9 Å². The first kappa shape index (κ1) is 12.0. The van der Waals surface area contributed by atoms with Gasteiger partial charge in [0.25, 0.3) is 0 Å². The van der Waals surface area contributed by atoms with E-state index in [1.54, 1.807) is 0 Å². The Kier molecular flexibility index (Phi) is 8.55. The van der Waals surface area contributed by atoms with Gasteiger partial charge in [0.2, 0.25) is 0 Å². The predicted molar refractivity (Wildman–Crippen MR) is 35.3 cm³/mol. The van der Waals surface area contributed by atoms with Crippen LogP contribution in [0.25, 0.3) is 6.15 Å². The second kappa shape index (κ2) is 6.40. The minimum absolute atomic E-state index is 0. The molecule has 1 rings (SSSR count). The molecule has 0 aromatic heterocycles. The zero-order valence-corrected chi connectivity index (χ0v) is 8.30. The maximum absolute atomic E-state index is 2.93. The van der Waals surface area contributed by atoms with Gasteiger partial charge in [0.15, 0.2) is 0 Å². The van der Waals surface area contributed by atoms with Crippen LogP contribution in [0.2, 0.25) is 0 Å². The van der Waals surface area contributed by atoms with Crippen molar-refractivity contribution in [3.8, 4) is 0 Å². The van der Waals surface area contributed by atoms with Gasteiger partial charge in [-0.15, -0.1) is 0 Å². The van der Waals surface area contributed by atoms with Gasteiger partial charge < -0.3 is 6.15 Å². The molecule has 0 fully saturated rings. The summed E-state index contributed by atoms with van der Waals surface area (Å²) in [5.74, 6) is 0. The molecule has 0 saturated carbocycles. The van der Waals surface area contributed by atoms with Crippen molar-refractivity contribution in [1.82, 2.24) is 0 Å². The number of rotatable bonds is 0. The van der Waals surface area contributed by atoms with Crippen LogP contribution in [-0.4, -0.2) is 0 Å². The Bertz CT molecular complexity index is 139. The molecular weight excluding hydrogens is 187 g/mol. The van der Waals surface area contributed by atoms with E-state index in [1.165, 1.54) is 5.56 Å². The Labute approximate surface area is 81.3 Å². The molecule has 0 heterocycles. The maximum atomic E-state index is 2.93. The van der Waals surface area contributed by atoms with E-state index in [2.05, 4.69) is 13.0 Å². The first-order valence-electron chi connectivity index (χ1n) is 2.32. The van der Waals surface area contributed by atoms with Crippen molar-refractivity contribution in [2.24, 2.45) is 0 Å². The Morgan fingerprint density at radius 2 is 1.67 bits per heavy atom. The number of nitrogens with two attached hydrogens (primary N) is 1. The summed E-state index contributed by atoms with van der Waals surface area (Å²) >= 11 is 0. The first-order chi connectivity index (χ1) is 3.39. The topological polar surface area (TPSA) is 33.5 Å². The van der Waals surface area contributed by atoms with Crippen LogP contribution in [0.5, 0.6) is 0 Å². The third-order valence-electron chi connectivity index (χ3n) is 0.885. The molecule has 2 N–H and O–H groups in total. The fourth-order valence-electron chi connectivity index (χ4n) is 0.470. The van der Waals surface area contributed by atoms with Gasteiger partial charge >= 0.3 is 32.7 Å². The van der Waals surface area contributed by atoms with Gasteiger partial charge in [-0.2, -0.15) is 35.9 Å². The second-order valence-corrected chi connectivity index (χ2v) is 1.58. The quantitative estimate of drug-likeness (QED) is 0.571. The Morgan fingerprint density at radius 3 is 1.89 bits per heavy atom. The minimum atomic E-state index is 0. The molecule has 0 saturated heterocycles. The summed E-state index contributed by atoms with van der Waals surface area (Å²) in [6, 6.07) is 10.8. The number of hydrogen-bond acceptors (Lipinski definition) is 0. The molecular formula is C7H9NY+. The molecule has 2 heteroatoms. The van der Waals surface area contributed by atoms with Crippen molar-refractivity contribution in [2.75, 3.05) is 0 Å². The molecule has 1 aromatic rings. The van der Waals surface area contributed by atoms with E-state index in [4.69, 9.17) is 0 Å². The Morgan fingerprint density at radius 1 is 1.22 bits per heavy atom. The van der Waals surface area contributed by atoms with Gasteiger partial charge in [0, 0.05) is 0 Å². The zero-order chi connectivity index (χ0) is 5.11. The summed E-state index contributed by atoms with van der Waals surface area (Å²) in [5.41, 5.74) is 1.29. The number of aryl methyl sites for hydroxylation is 1. The second-order valence-electron chi connectivity index (χ2n) is 1.58. The van der Waals surface area contributed by atoms with Crippen LogP contribution in [0, 0.1) is 13.0 Å². The van der Waals surface area contributed by atoms with Crippen molar-refractivity contribution in [2.45, 2.75) is 6.92 Å². The Hall–Kier alpha value is 0.284. The minimum Gasteiger partial charge on any atom is -0.693 e. The average molecular weight is 196 g/mol. The molecule has 0 aliphatic rings. The fourth-order valence-corrected chi connectivity index (χ4v) is 0.470. The molecule has 9 heavy (non-hydrogen) atoms. The summed E-state index contributed by atoms with van der Waals surface area (Å²) in [6.07, 6.45) is 0. The van der Waals surface area contributed by atoms with Crippen LogP contribution < -0.4 is 0 Å². The maximum Gasteiger partial charge on any atom is 3.00 e. The number of hydrogen-bond donors (Lipinski definition) is 0. The summed E-state index contributed by atoms with van der Waals surface area (Å²) in [5, 5.41) is 0. The Balaban J connectivity index is 0. The average Bonchev–Trinajstić information content (AvgIpc) is 1.69. The largest absolute Gasteiger partial charge is 3.00 e. The standard InChI is InChI=1S/C7H7.H2N.Y/c1-7-5-3-2-4-6-7;;/h3-6H,1H3;1H2;/q2*-1;+3. The molecule has 1 nitrogen and oxygen atoms in total. The molecule has 0 radical (unpaired) electrons. The van der Waals surface area contributed by atoms with Crippen LogP contribution in [0.4, 0.5) is 0 Å². The van der Waals surface area contributed by atoms with Crippen LogP contribution in [0.1, 0.15) is 5.56 Å². The van der Waals surface area contributed by atoms with Crippen molar-refractivity contribution in [3.63, 3.8) is 0 Å². The summed E-state index contributed by atoms with van der Waals surface area (Å²) < 4.78 is 0. The predicted octanol–water partition coefficient (Wildman–Crippen LogP) is 2.51. The summed E-state index contributed by atoms with van der Waals surface area (Å²) in [6.45, 7) is 2.06.